The number of carbonyl (C=O) groups is 1. The molecule has 7 nitrogen and oxygen atoms in total. The zero-order chi connectivity index (χ0) is 27.0. The maximum Gasteiger partial charge on any atom is 0.573 e. The number of fused-ring (bicyclic) bond motifs is 1. The Kier molecular flexibility index (Phi) is 7.30. The van der Waals surface area contributed by atoms with E-state index < -0.39 is 12.3 Å². The van der Waals surface area contributed by atoms with Gasteiger partial charge in [-0.25, -0.2) is 4.98 Å². The number of nitrogens with one attached hydrogen (secondary N) is 1. The fourth-order valence-corrected chi connectivity index (χ4v) is 5.61. The third kappa shape index (κ3) is 6.47. The van der Waals surface area contributed by atoms with E-state index in [0.29, 0.717) is 35.2 Å². The van der Waals surface area contributed by atoms with Gasteiger partial charge in [-0.1, -0.05) is 20.8 Å². The zero-order valence-corrected chi connectivity index (χ0v) is 21.4. The van der Waals surface area contributed by atoms with Crippen molar-refractivity contribution in [3.05, 3.63) is 42.0 Å². The number of nitrogens with zero attached hydrogens (tertiary/aromatic N) is 2. The molecule has 0 spiro atoms. The highest BCUT2D eigenvalue weighted by Gasteiger charge is 2.35. The minimum atomic E-state index is -4.76. The normalized spacial score (nSPS) is 19.5. The van der Waals surface area contributed by atoms with Gasteiger partial charge >= 0.3 is 12.3 Å². The minimum absolute atomic E-state index is 0.0334. The number of hydrogen-bond acceptors (Lipinski definition) is 5. The van der Waals surface area contributed by atoms with Crippen LogP contribution in [0, 0.1) is 11.3 Å². The molecule has 1 saturated carbocycles. The molecule has 1 aliphatic carbocycles. The second-order valence-corrected chi connectivity index (χ2v) is 10.6. The predicted octanol–water partition coefficient (Wildman–Crippen LogP) is 7.09. The first-order chi connectivity index (χ1) is 17.3. The number of hydrogen-bond donors (Lipinski definition) is 2. The summed E-state index contributed by atoms with van der Waals surface area (Å²) in [5.41, 5.74) is 2.98. The molecule has 2 atom stereocenters. The summed E-state index contributed by atoms with van der Waals surface area (Å²) in [4.78, 5) is 16.0. The van der Waals surface area contributed by atoms with E-state index in [0.717, 1.165) is 30.3 Å². The molecular formula is C27H32F3N3O4. The number of anilines is 2. The van der Waals surface area contributed by atoms with Gasteiger partial charge in [0.25, 0.3) is 0 Å². The van der Waals surface area contributed by atoms with Crippen LogP contribution in [0.2, 0.25) is 0 Å². The van der Waals surface area contributed by atoms with Crippen molar-refractivity contribution in [2.75, 3.05) is 12.4 Å². The maximum atomic E-state index is 12.6. The molecule has 0 bridgehead atoms. The Morgan fingerprint density at radius 3 is 2.51 bits per heavy atom. The molecule has 1 heterocycles. The third-order valence-corrected chi connectivity index (χ3v) is 6.77. The summed E-state index contributed by atoms with van der Waals surface area (Å²) in [6, 6.07) is 9.42. The number of carboxylic acids is 1. The second kappa shape index (κ2) is 10.1. The van der Waals surface area contributed by atoms with Gasteiger partial charge in [0.15, 0.2) is 0 Å². The summed E-state index contributed by atoms with van der Waals surface area (Å²) in [6.45, 7) is 6.75. The lowest BCUT2D eigenvalue weighted by atomic mass is 9.70. The van der Waals surface area contributed by atoms with Gasteiger partial charge in [0.2, 0.25) is 5.95 Å². The van der Waals surface area contributed by atoms with E-state index in [2.05, 4.69) is 35.4 Å². The fraction of sp³-hybridized carbons (Fsp3) is 0.481. The molecule has 0 radical (unpaired) electrons. The molecule has 0 unspecified atom stereocenters. The Bertz CT molecular complexity index is 1270. The summed E-state index contributed by atoms with van der Waals surface area (Å²) in [5, 5.41) is 12.4. The first kappa shape index (κ1) is 26.6. The average Bonchev–Trinajstić information content (AvgIpc) is 3.12. The quantitative estimate of drug-likeness (QED) is 0.330. The lowest BCUT2D eigenvalue weighted by Gasteiger charge is -2.40. The molecule has 1 aromatic heterocycles. The first-order valence-electron chi connectivity index (χ1n) is 12.3. The number of carboxylic acid groups (broad SMARTS) is 1. The molecule has 3 aromatic rings. The monoisotopic (exact) mass is 519 g/mol. The maximum absolute atomic E-state index is 12.6. The number of benzene rings is 2. The fourth-order valence-electron chi connectivity index (χ4n) is 5.61. The van der Waals surface area contributed by atoms with E-state index in [1.54, 1.807) is 7.11 Å². The number of aryl methyl sites for hydroxylation is 1. The topological polar surface area (TPSA) is 85.6 Å². The van der Waals surface area contributed by atoms with E-state index in [4.69, 9.17) is 14.8 Å². The number of aliphatic carboxylic acids is 1. The molecule has 2 aromatic carbocycles. The van der Waals surface area contributed by atoms with Crippen molar-refractivity contribution in [2.45, 2.75) is 65.3 Å². The molecule has 1 fully saturated rings. The van der Waals surface area contributed by atoms with E-state index in [9.17, 15) is 18.0 Å². The van der Waals surface area contributed by atoms with Gasteiger partial charge in [-0.2, -0.15) is 0 Å². The van der Waals surface area contributed by atoms with Crippen molar-refractivity contribution in [2.24, 2.45) is 11.3 Å². The molecule has 200 valence electrons. The van der Waals surface area contributed by atoms with Gasteiger partial charge in [-0.15, -0.1) is 13.2 Å². The van der Waals surface area contributed by atoms with Crippen molar-refractivity contribution in [1.82, 2.24) is 9.55 Å². The van der Waals surface area contributed by atoms with Crippen molar-refractivity contribution in [3.8, 4) is 11.5 Å². The summed E-state index contributed by atoms with van der Waals surface area (Å²) >= 11 is 0. The third-order valence-electron chi connectivity index (χ3n) is 6.77. The van der Waals surface area contributed by atoms with E-state index in [-0.39, 0.29) is 23.6 Å². The lowest BCUT2D eigenvalue weighted by Crippen LogP contribution is -2.29. The van der Waals surface area contributed by atoms with Crippen LogP contribution in [-0.4, -0.2) is 34.1 Å². The molecule has 10 heteroatoms. The van der Waals surface area contributed by atoms with Crippen molar-refractivity contribution >= 4 is 28.6 Å². The molecule has 0 aliphatic heterocycles. The van der Waals surface area contributed by atoms with Crippen LogP contribution in [0.15, 0.2) is 36.4 Å². The highest BCUT2D eigenvalue weighted by molar-refractivity contribution is 5.83. The van der Waals surface area contributed by atoms with Gasteiger partial charge in [0.1, 0.15) is 11.5 Å². The van der Waals surface area contributed by atoms with Gasteiger partial charge < -0.3 is 24.5 Å². The summed E-state index contributed by atoms with van der Waals surface area (Å²) in [7, 11) is 1.56. The number of methoxy groups -OCH3 is 1. The van der Waals surface area contributed by atoms with E-state index >= 15 is 0 Å². The molecule has 2 N–H and O–H groups in total. The van der Waals surface area contributed by atoms with Crippen LogP contribution in [0.4, 0.5) is 24.8 Å². The summed E-state index contributed by atoms with van der Waals surface area (Å²) in [5.74, 6) is 0.452. The van der Waals surface area contributed by atoms with E-state index in [1.165, 1.54) is 24.3 Å². The van der Waals surface area contributed by atoms with Gasteiger partial charge in [0, 0.05) is 24.2 Å². The lowest BCUT2D eigenvalue weighted by molar-refractivity contribution is -0.274. The highest BCUT2D eigenvalue weighted by Crippen LogP contribution is 2.46. The Morgan fingerprint density at radius 2 is 1.92 bits per heavy atom. The van der Waals surface area contributed by atoms with Gasteiger partial charge in [-0.05, 0) is 72.9 Å². The van der Waals surface area contributed by atoms with Gasteiger partial charge in [0.05, 0.1) is 18.1 Å². The number of alkyl halides is 3. The molecule has 1 aliphatic rings. The van der Waals surface area contributed by atoms with Crippen LogP contribution in [0.25, 0.3) is 11.0 Å². The average molecular weight is 520 g/mol. The molecule has 0 amide bonds. The first-order valence-corrected chi connectivity index (χ1v) is 12.3. The van der Waals surface area contributed by atoms with Crippen LogP contribution < -0.4 is 14.8 Å². The summed E-state index contributed by atoms with van der Waals surface area (Å²) in [6.07, 6.45) is -1.50. The molecule has 0 saturated heterocycles. The Morgan fingerprint density at radius 1 is 1.22 bits per heavy atom. The van der Waals surface area contributed by atoms with Crippen molar-refractivity contribution in [3.63, 3.8) is 0 Å². The number of imidazole rings is 1. The second-order valence-electron chi connectivity index (χ2n) is 10.6. The Balaban J connectivity index is 1.77. The van der Waals surface area contributed by atoms with Crippen LogP contribution in [0.3, 0.4) is 0 Å². The standard InChI is InChI=1S/C27H32F3N3O4/c1-16-11-19(15-26(2,3)14-16)33-22-13-23(36-4)17(5-10-24(34)35)12-21(22)32-25(33)31-18-6-8-20(9-7-18)37-27(28,29)30/h6-9,12-13,16,19H,5,10-11,14-15H2,1-4H3,(H,31,32)(H,34,35)/t16-,19+/m0/s1. The highest BCUT2D eigenvalue weighted by atomic mass is 19.4. The number of ether oxygens (including phenoxy) is 2. The number of aromatic nitrogens is 2. The largest absolute Gasteiger partial charge is 0.573 e. The Labute approximate surface area is 213 Å². The summed E-state index contributed by atoms with van der Waals surface area (Å²) < 4.78 is 49.4. The predicted molar refractivity (Wildman–Crippen MR) is 134 cm³/mol. The van der Waals surface area contributed by atoms with Crippen LogP contribution >= 0.6 is 0 Å². The molecular weight excluding hydrogens is 487 g/mol. The SMILES string of the molecule is COc1cc2c(cc1CCC(=O)O)nc(Nc1ccc(OC(F)(F)F)cc1)n2[C@@H]1C[C@H](C)CC(C)(C)C1. The Hall–Kier alpha value is -3.43. The van der Waals surface area contributed by atoms with E-state index in [1.807, 2.05) is 12.1 Å². The van der Waals surface area contributed by atoms with Crippen molar-refractivity contribution < 1.29 is 32.5 Å². The molecule has 4 rings (SSSR count). The number of rotatable bonds is 8. The van der Waals surface area contributed by atoms with Crippen molar-refractivity contribution in [1.29, 1.82) is 0 Å². The van der Waals surface area contributed by atoms with Gasteiger partial charge in [-0.3, -0.25) is 4.79 Å². The minimum Gasteiger partial charge on any atom is -0.496 e. The van der Waals surface area contributed by atoms with Crippen LogP contribution in [0.5, 0.6) is 11.5 Å². The van der Waals surface area contributed by atoms with Crippen LogP contribution in [-0.2, 0) is 11.2 Å². The van der Waals surface area contributed by atoms with Crippen LogP contribution in [0.1, 0.15) is 58.1 Å². The molecule has 37 heavy (non-hydrogen) atoms. The number of halogens is 3. The smallest absolute Gasteiger partial charge is 0.496 e. The zero-order valence-electron chi connectivity index (χ0n) is 21.4.